The summed E-state index contributed by atoms with van der Waals surface area (Å²) in [5.74, 6) is -7.77. The summed E-state index contributed by atoms with van der Waals surface area (Å²) in [5, 5.41) is 0. The fourth-order valence-corrected chi connectivity index (χ4v) is 1.15. The van der Waals surface area contributed by atoms with Crippen LogP contribution in [-0.4, -0.2) is 81.2 Å². The second-order valence-corrected chi connectivity index (χ2v) is 7.31. The Kier molecular flexibility index (Phi) is 13.3. The van der Waals surface area contributed by atoms with Gasteiger partial charge in [-0.1, -0.05) is 27.7 Å². The lowest BCUT2D eigenvalue weighted by Crippen LogP contribution is -2.34. The number of amides is 2. The number of carbonyl (C=O) groups excluding carboxylic acids is 2. The lowest BCUT2D eigenvalue weighted by atomic mass is 10.1. The van der Waals surface area contributed by atoms with Gasteiger partial charge in [-0.2, -0.15) is 0 Å². The van der Waals surface area contributed by atoms with Gasteiger partial charge in [-0.25, -0.2) is 17.6 Å². The smallest absolute Gasteiger partial charge is 0.273 e. The molecule has 0 unspecified atom stereocenters. The first kappa shape index (κ1) is 28.8. The summed E-state index contributed by atoms with van der Waals surface area (Å²) in [7, 11) is 4.59. The Morgan fingerprint density at radius 1 is 0.857 bits per heavy atom. The summed E-state index contributed by atoms with van der Waals surface area (Å²) < 4.78 is 61.2. The number of likely N-dealkylation sites (N-methyl/N-ethyl adjacent to an activating group) is 1. The molecule has 0 aromatic carbocycles. The lowest BCUT2D eigenvalue weighted by Gasteiger charge is -2.22. The Hall–Kier alpha value is -1.42. The molecular weight excluding hydrogens is 384 g/mol. The van der Waals surface area contributed by atoms with Crippen LogP contribution in [0.4, 0.5) is 17.6 Å². The van der Waals surface area contributed by atoms with E-state index in [1.54, 1.807) is 14.1 Å². The van der Waals surface area contributed by atoms with Crippen molar-refractivity contribution in [2.24, 2.45) is 11.8 Å². The summed E-state index contributed by atoms with van der Waals surface area (Å²) in [5.41, 5.74) is 0. The minimum atomic E-state index is -2.87. The van der Waals surface area contributed by atoms with E-state index in [1.807, 2.05) is 0 Å². The maximum Gasteiger partial charge on any atom is 0.273 e. The van der Waals surface area contributed by atoms with Crippen LogP contribution in [0, 0.1) is 11.8 Å². The molecule has 0 aliphatic heterocycles. The molecule has 0 aromatic heterocycles. The molecule has 0 bridgehead atoms. The second-order valence-electron chi connectivity index (χ2n) is 7.31. The first-order chi connectivity index (χ1) is 12.5. The van der Waals surface area contributed by atoms with Gasteiger partial charge >= 0.3 is 0 Å². The van der Waals surface area contributed by atoms with Crippen molar-refractivity contribution >= 4 is 11.8 Å². The molecule has 0 rings (SSSR count). The highest BCUT2D eigenvalue weighted by molar-refractivity contribution is 5.76. The fraction of sp³-hybridized carbons (Fsp3) is 0.889. The van der Waals surface area contributed by atoms with Crippen molar-refractivity contribution in [1.29, 1.82) is 0 Å². The molecule has 168 valence electrons. The van der Waals surface area contributed by atoms with Gasteiger partial charge in [0.15, 0.2) is 0 Å². The van der Waals surface area contributed by atoms with E-state index in [4.69, 9.17) is 4.74 Å². The van der Waals surface area contributed by atoms with Crippen LogP contribution in [0.5, 0.6) is 0 Å². The molecule has 0 fully saturated rings. The van der Waals surface area contributed by atoms with Crippen molar-refractivity contribution in [2.45, 2.75) is 46.5 Å². The number of nitrogens with zero attached hydrogens (tertiary/aromatic N) is 2. The fourth-order valence-electron chi connectivity index (χ4n) is 1.15. The van der Waals surface area contributed by atoms with Gasteiger partial charge in [0, 0.05) is 39.9 Å². The van der Waals surface area contributed by atoms with E-state index in [9.17, 15) is 27.2 Å². The van der Waals surface area contributed by atoms with Gasteiger partial charge in [-0.15, -0.1) is 0 Å². The van der Waals surface area contributed by atoms with Gasteiger partial charge in [0.1, 0.15) is 26.6 Å². The van der Waals surface area contributed by atoms with E-state index >= 15 is 0 Å². The van der Waals surface area contributed by atoms with Crippen LogP contribution in [0.1, 0.15) is 34.6 Å². The van der Waals surface area contributed by atoms with Crippen LogP contribution < -0.4 is 0 Å². The minimum Gasteiger partial charge on any atom is -0.365 e. The molecule has 0 saturated heterocycles. The standard InChI is InChI=1S/2C9H17F2NO2/c1-7(2)9(10,11)6-14-5-8(13)12(3)4;1-7(2)9(10,11)5-14-6-12(4)8(3)13/h2*7H,5-6H2,1-4H3. The summed E-state index contributed by atoms with van der Waals surface area (Å²) in [6.07, 6.45) is 0. The van der Waals surface area contributed by atoms with E-state index in [-0.39, 0.29) is 25.2 Å². The summed E-state index contributed by atoms with van der Waals surface area (Å²) in [6.45, 7) is 5.29. The Balaban J connectivity index is 0. The molecule has 6 nitrogen and oxygen atoms in total. The van der Waals surface area contributed by atoms with Gasteiger partial charge in [-0.3, -0.25) is 9.59 Å². The highest BCUT2D eigenvalue weighted by Gasteiger charge is 2.34. The largest absolute Gasteiger partial charge is 0.365 e. The molecule has 2 amide bonds. The van der Waals surface area contributed by atoms with E-state index in [1.165, 1.54) is 51.5 Å². The topological polar surface area (TPSA) is 59.1 Å². The number of halogens is 4. The quantitative estimate of drug-likeness (QED) is 0.404. The molecule has 0 saturated carbocycles. The summed E-state index contributed by atoms with van der Waals surface area (Å²) in [6, 6.07) is 0. The highest BCUT2D eigenvalue weighted by Crippen LogP contribution is 2.24. The predicted octanol–water partition coefficient (Wildman–Crippen LogP) is 3.11. The minimum absolute atomic E-state index is 0.0996. The van der Waals surface area contributed by atoms with E-state index < -0.39 is 36.9 Å². The number of hydrogen-bond acceptors (Lipinski definition) is 4. The van der Waals surface area contributed by atoms with Crippen LogP contribution >= 0.6 is 0 Å². The van der Waals surface area contributed by atoms with Gasteiger partial charge < -0.3 is 19.3 Å². The first-order valence-electron chi connectivity index (χ1n) is 8.87. The summed E-state index contributed by atoms with van der Waals surface area (Å²) >= 11 is 0. The molecule has 0 N–H and O–H groups in total. The Morgan fingerprint density at radius 2 is 1.25 bits per heavy atom. The van der Waals surface area contributed by atoms with Gasteiger partial charge in [0.2, 0.25) is 11.8 Å². The molecule has 0 heterocycles. The third kappa shape index (κ3) is 12.9. The van der Waals surface area contributed by atoms with Gasteiger partial charge in [-0.05, 0) is 0 Å². The molecule has 28 heavy (non-hydrogen) atoms. The molecule has 0 spiro atoms. The average Bonchev–Trinajstić information content (AvgIpc) is 2.54. The zero-order valence-corrected chi connectivity index (χ0v) is 18.0. The number of alkyl halides is 4. The third-order valence-electron chi connectivity index (χ3n) is 3.83. The van der Waals surface area contributed by atoms with Crippen LogP contribution in [0.15, 0.2) is 0 Å². The van der Waals surface area contributed by atoms with Crippen molar-refractivity contribution < 1.29 is 36.6 Å². The van der Waals surface area contributed by atoms with Crippen LogP contribution in [0.3, 0.4) is 0 Å². The van der Waals surface area contributed by atoms with Crippen molar-refractivity contribution in [3.8, 4) is 0 Å². The number of ether oxygens (including phenoxy) is 2. The zero-order valence-electron chi connectivity index (χ0n) is 18.0. The van der Waals surface area contributed by atoms with Crippen LogP contribution in [-0.2, 0) is 19.1 Å². The normalized spacial score (nSPS) is 11.9. The maximum absolute atomic E-state index is 13.0. The predicted molar refractivity (Wildman–Crippen MR) is 98.3 cm³/mol. The van der Waals surface area contributed by atoms with Gasteiger partial charge in [0.05, 0.1) is 0 Å². The molecular formula is C18H34F4N2O4. The third-order valence-corrected chi connectivity index (χ3v) is 3.83. The molecule has 0 atom stereocenters. The maximum atomic E-state index is 13.0. The zero-order chi connectivity index (χ0) is 22.7. The number of hydrogen-bond donors (Lipinski definition) is 0. The Labute approximate surface area is 165 Å². The lowest BCUT2D eigenvalue weighted by molar-refractivity contribution is -0.144. The number of carbonyl (C=O) groups is 2. The highest BCUT2D eigenvalue weighted by atomic mass is 19.3. The van der Waals surface area contributed by atoms with Gasteiger partial charge in [0.25, 0.3) is 11.8 Å². The molecule has 0 radical (unpaired) electrons. The second kappa shape index (κ2) is 12.9. The number of rotatable bonds is 10. The molecule has 0 aliphatic carbocycles. The van der Waals surface area contributed by atoms with E-state index in [2.05, 4.69) is 4.74 Å². The van der Waals surface area contributed by atoms with E-state index in [0.717, 1.165) is 0 Å². The van der Waals surface area contributed by atoms with Crippen molar-refractivity contribution in [3.63, 3.8) is 0 Å². The molecule has 0 aromatic rings. The monoisotopic (exact) mass is 418 g/mol. The Bertz CT molecular complexity index is 473. The Morgan fingerprint density at radius 3 is 1.57 bits per heavy atom. The van der Waals surface area contributed by atoms with Crippen LogP contribution in [0.2, 0.25) is 0 Å². The molecule has 10 heteroatoms. The SMILES string of the molecule is CC(=O)N(C)COCC(F)(F)C(C)C.CC(C)C(F)(F)COCC(=O)N(C)C. The van der Waals surface area contributed by atoms with E-state index in [0.29, 0.717) is 0 Å². The molecule has 0 aliphatic rings. The first-order valence-corrected chi connectivity index (χ1v) is 8.87. The summed E-state index contributed by atoms with van der Waals surface area (Å²) in [4.78, 5) is 24.2. The van der Waals surface area contributed by atoms with Crippen molar-refractivity contribution in [2.75, 3.05) is 47.7 Å². The van der Waals surface area contributed by atoms with Crippen molar-refractivity contribution in [1.82, 2.24) is 9.80 Å². The van der Waals surface area contributed by atoms with Crippen LogP contribution in [0.25, 0.3) is 0 Å². The average molecular weight is 418 g/mol. The van der Waals surface area contributed by atoms with Crippen molar-refractivity contribution in [3.05, 3.63) is 0 Å².